The zero-order chi connectivity index (χ0) is 15.5. The van der Waals surface area contributed by atoms with Gasteiger partial charge in [-0.3, -0.25) is 4.79 Å². The van der Waals surface area contributed by atoms with Crippen LogP contribution in [0.3, 0.4) is 0 Å². The van der Waals surface area contributed by atoms with Crippen LogP contribution in [-0.4, -0.2) is 44.0 Å². The molecular formula is C16H25NO4. The van der Waals surface area contributed by atoms with Gasteiger partial charge in [-0.15, -0.1) is 0 Å². The SMILES string of the molecule is CC(C)c1ccc(OCC(=O)NCCCOCCO)cc1. The third-order valence-electron chi connectivity index (χ3n) is 2.94. The van der Waals surface area contributed by atoms with E-state index in [1.807, 2.05) is 24.3 Å². The van der Waals surface area contributed by atoms with E-state index in [2.05, 4.69) is 19.2 Å². The summed E-state index contributed by atoms with van der Waals surface area (Å²) in [5.41, 5.74) is 1.25. The van der Waals surface area contributed by atoms with E-state index in [-0.39, 0.29) is 19.1 Å². The fourth-order valence-electron chi connectivity index (χ4n) is 1.72. The minimum absolute atomic E-state index is 0.0124. The summed E-state index contributed by atoms with van der Waals surface area (Å²) < 4.78 is 10.5. The second kappa shape index (κ2) is 10.2. The average molecular weight is 295 g/mol. The maximum absolute atomic E-state index is 11.6. The topological polar surface area (TPSA) is 67.8 Å². The molecular weight excluding hydrogens is 270 g/mol. The van der Waals surface area contributed by atoms with E-state index in [9.17, 15) is 4.79 Å². The summed E-state index contributed by atoms with van der Waals surface area (Å²) in [7, 11) is 0. The molecule has 5 heteroatoms. The van der Waals surface area contributed by atoms with E-state index in [0.29, 0.717) is 31.4 Å². The smallest absolute Gasteiger partial charge is 0.257 e. The number of hydrogen-bond acceptors (Lipinski definition) is 4. The predicted molar refractivity (Wildman–Crippen MR) is 81.6 cm³/mol. The first-order valence-electron chi connectivity index (χ1n) is 7.31. The zero-order valence-corrected chi connectivity index (χ0v) is 12.8. The molecule has 0 saturated heterocycles. The number of aliphatic hydroxyl groups is 1. The number of carbonyl (C=O) groups is 1. The van der Waals surface area contributed by atoms with Gasteiger partial charge in [-0.25, -0.2) is 0 Å². The Labute approximate surface area is 126 Å². The monoisotopic (exact) mass is 295 g/mol. The second-order valence-corrected chi connectivity index (χ2v) is 5.05. The number of hydrogen-bond donors (Lipinski definition) is 2. The Morgan fingerprint density at radius 1 is 1.24 bits per heavy atom. The molecule has 1 aromatic rings. The van der Waals surface area contributed by atoms with Crippen LogP contribution < -0.4 is 10.1 Å². The van der Waals surface area contributed by atoms with Gasteiger partial charge in [0.05, 0.1) is 13.2 Å². The lowest BCUT2D eigenvalue weighted by atomic mass is 10.0. The summed E-state index contributed by atoms with van der Waals surface area (Å²) in [4.78, 5) is 11.6. The van der Waals surface area contributed by atoms with Crippen molar-refractivity contribution >= 4 is 5.91 Å². The van der Waals surface area contributed by atoms with Gasteiger partial charge >= 0.3 is 0 Å². The molecule has 0 atom stereocenters. The highest BCUT2D eigenvalue weighted by Crippen LogP contribution is 2.18. The quantitative estimate of drug-likeness (QED) is 0.645. The number of benzene rings is 1. The first-order chi connectivity index (χ1) is 10.1. The minimum Gasteiger partial charge on any atom is -0.484 e. The molecule has 5 nitrogen and oxygen atoms in total. The van der Waals surface area contributed by atoms with Gasteiger partial charge in [-0.05, 0) is 30.0 Å². The molecule has 0 fully saturated rings. The summed E-state index contributed by atoms with van der Waals surface area (Å²) >= 11 is 0. The summed E-state index contributed by atoms with van der Waals surface area (Å²) in [6.45, 7) is 5.71. The van der Waals surface area contributed by atoms with E-state index in [0.717, 1.165) is 6.42 Å². The lowest BCUT2D eigenvalue weighted by molar-refractivity contribution is -0.123. The van der Waals surface area contributed by atoms with Crippen molar-refractivity contribution in [2.24, 2.45) is 0 Å². The normalized spacial score (nSPS) is 10.7. The van der Waals surface area contributed by atoms with Gasteiger partial charge in [0.15, 0.2) is 6.61 Å². The third kappa shape index (κ3) is 7.68. The number of amides is 1. The van der Waals surface area contributed by atoms with Gasteiger partial charge < -0.3 is 19.9 Å². The molecule has 0 aromatic heterocycles. The highest BCUT2D eigenvalue weighted by molar-refractivity contribution is 5.77. The maximum Gasteiger partial charge on any atom is 0.257 e. The molecule has 1 rings (SSSR count). The van der Waals surface area contributed by atoms with E-state index in [4.69, 9.17) is 14.6 Å². The van der Waals surface area contributed by atoms with Gasteiger partial charge in [0, 0.05) is 13.2 Å². The second-order valence-electron chi connectivity index (χ2n) is 5.05. The third-order valence-corrected chi connectivity index (χ3v) is 2.94. The molecule has 0 aliphatic carbocycles. The largest absolute Gasteiger partial charge is 0.484 e. The van der Waals surface area contributed by atoms with Crippen LogP contribution in [0.15, 0.2) is 24.3 Å². The average Bonchev–Trinajstić information content (AvgIpc) is 2.49. The molecule has 0 spiro atoms. The first-order valence-corrected chi connectivity index (χ1v) is 7.31. The predicted octanol–water partition coefficient (Wildman–Crippen LogP) is 1.70. The van der Waals surface area contributed by atoms with Gasteiger partial charge in [-0.1, -0.05) is 26.0 Å². The molecule has 0 saturated carbocycles. The van der Waals surface area contributed by atoms with Crippen molar-refractivity contribution in [3.63, 3.8) is 0 Å². The Morgan fingerprint density at radius 3 is 2.57 bits per heavy atom. The van der Waals surface area contributed by atoms with Gasteiger partial charge in [-0.2, -0.15) is 0 Å². The molecule has 21 heavy (non-hydrogen) atoms. The Kier molecular flexibility index (Phi) is 8.47. The highest BCUT2D eigenvalue weighted by Gasteiger charge is 2.03. The molecule has 2 N–H and O–H groups in total. The Hall–Kier alpha value is -1.59. The van der Waals surface area contributed by atoms with Gasteiger partial charge in [0.25, 0.3) is 5.91 Å². The number of nitrogens with one attached hydrogen (secondary N) is 1. The van der Waals surface area contributed by atoms with Gasteiger partial charge in [0.2, 0.25) is 0 Å². The van der Waals surface area contributed by atoms with Crippen LogP contribution in [0.25, 0.3) is 0 Å². The summed E-state index contributed by atoms with van der Waals surface area (Å²) in [5, 5.41) is 11.3. The molecule has 1 amide bonds. The van der Waals surface area contributed by atoms with E-state index in [1.54, 1.807) is 0 Å². The van der Waals surface area contributed by atoms with Crippen molar-refractivity contribution in [3.8, 4) is 5.75 Å². The maximum atomic E-state index is 11.6. The summed E-state index contributed by atoms with van der Waals surface area (Å²) in [5.74, 6) is 1.03. The lowest BCUT2D eigenvalue weighted by Gasteiger charge is -2.09. The van der Waals surface area contributed by atoms with E-state index >= 15 is 0 Å². The number of rotatable bonds is 10. The molecule has 118 valence electrons. The van der Waals surface area contributed by atoms with Crippen molar-refractivity contribution in [1.29, 1.82) is 0 Å². The van der Waals surface area contributed by atoms with E-state index in [1.165, 1.54) is 5.56 Å². The van der Waals surface area contributed by atoms with Crippen LogP contribution >= 0.6 is 0 Å². The number of carbonyl (C=O) groups excluding carboxylic acids is 1. The van der Waals surface area contributed by atoms with Crippen molar-refractivity contribution in [1.82, 2.24) is 5.32 Å². The fourth-order valence-corrected chi connectivity index (χ4v) is 1.72. The molecule has 0 heterocycles. The fraction of sp³-hybridized carbons (Fsp3) is 0.562. The Bertz CT molecular complexity index is 403. The molecule has 0 aliphatic heterocycles. The first kappa shape index (κ1) is 17.5. The van der Waals surface area contributed by atoms with E-state index < -0.39 is 0 Å². The highest BCUT2D eigenvalue weighted by atomic mass is 16.5. The van der Waals surface area contributed by atoms with Crippen LogP contribution in [0.2, 0.25) is 0 Å². The van der Waals surface area contributed by atoms with Crippen LogP contribution in [0.1, 0.15) is 31.7 Å². The minimum atomic E-state index is -0.148. The van der Waals surface area contributed by atoms with Crippen molar-refractivity contribution in [3.05, 3.63) is 29.8 Å². The van der Waals surface area contributed by atoms with Crippen molar-refractivity contribution in [2.75, 3.05) is 33.0 Å². The standard InChI is InChI=1S/C16H25NO4/c1-13(2)14-4-6-15(7-5-14)21-12-16(19)17-8-3-10-20-11-9-18/h4-7,13,18H,3,8-12H2,1-2H3,(H,17,19). The number of aliphatic hydroxyl groups excluding tert-OH is 1. The Balaban J connectivity index is 2.15. The van der Waals surface area contributed by atoms with Crippen LogP contribution in [0.4, 0.5) is 0 Å². The van der Waals surface area contributed by atoms with Crippen LogP contribution in [0, 0.1) is 0 Å². The molecule has 1 aromatic carbocycles. The number of ether oxygens (including phenoxy) is 2. The van der Waals surface area contributed by atoms with Crippen LogP contribution in [-0.2, 0) is 9.53 Å². The molecule has 0 unspecified atom stereocenters. The lowest BCUT2D eigenvalue weighted by Crippen LogP contribution is -2.30. The van der Waals surface area contributed by atoms with Crippen molar-refractivity contribution in [2.45, 2.75) is 26.2 Å². The van der Waals surface area contributed by atoms with Crippen LogP contribution in [0.5, 0.6) is 5.75 Å². The summed E-state index contributed by atoms with van der Waals surface area (Å²) in [6, 6.07) is 7.78. The van der Waals surface area contributed by atoms with Gasteiger partial charge in [0.1, 0.15) is 5.75 Å². The summed E-state index contributed by atoms with van der Waals surface area (Å²) in [6.07, 6.45) is 0.717. The molecule has 0 radical (unpaired) electrons. The molecule has 0 aliphatic rings. The zero-order valence-electron chi connectivity index (χ0n) is 12.8. The van der Waals surface area contributed by atoms with Crippen molar-refractivity contribution < 1.29 is 19.4 Å². The molecule has 0 bridgehead atoms. The Morgan fingerprint density at radius 2 is 1.95 bits per heavy atom.